The number of carboxylic acid groups (broad SMARTS) is 1. The first-order valence-corrected chi connectivity index (χ1v) is 10.1. The van der Waals surface area contributed by atoms with Crippen molar-refractivity contribution in [3.8, 4) is 17.6 Å². The van der Waals surface area contributed by atoms with Crippen molar-refractivity contribution < 1.29 is 19.4 Å². The SMILES string of the molecule is COc1cc(/C=C2/C[C@@H](C)Cc3c2nc2ccccc2c3C(=O)O)ccc1OCC#N. The highest BCUT2D eigenvalue weighted by molar-refractivity contribution is 6.06. The molecular formula is C25H22N2O4. The van der Waals surface area contributed by atoms with Crippen molar-refractivity contribution in [1.82, 2.24) is 4.98 Å². The maximum atomic E-state index is 12.2. The highest BCUT2D eigenvalue weighted by Gasteiger charge is 2.28. The lowest BCUT2D eigenvalue weighted by molar-refractivity contribution is 0.0697. The number of pyridine rings is 1. The number of carboxylic acids is 1. The van der Waals surface area contributed by atoms with Crippen molar-refractivity contribution >= 4 is 28.5 Å². The van der Waals surface area contributed by atoms with E-state index in [0.29, 0.717) is 40.3 Å². The average Bonchev–Trinajstić information content (AvgIpc) is 2.76. The number of allylic oxidation sites excluding steroid dienone is 1. The molecule has 1 heterocycles. The number of benzene rings is 2. The van der Waals surface area contributed by atoms with Crippen molar-refractivity contribution in [1.29, 1.82) is 5.26 Å². The number of rotatable bonds is 5. The molecule has 0 unspecified atom stereocenters. The van der Waals surface area contributed by atoms with Crippen LogP contribution in [0.15, 0.2) is 42.5 Å². The molecular weight excluding hydrogens is 392 g/mol. The second-order valence-electron chi connectivity index (χ2n) is 7.68. The number of fused-ring (bicyclic) bond motifs is 2. The van der Waals surface area contributed by atoms with E-state index in [1.807, 2.05) is 48.5 Å². The van der Waals surface area contributed by atoms with E-state index in [1.165, 1.54) is 0 Å². The molecule has 3 aromatic rings. The van der Waals surface area contributed by atoms with Crippen molar-refractivity contribution in [3.05, 3.63) is 64.8 Å². The maximum absolute atomic E-state index is 12.2. The number of aromatic nitrogens is 1. The summed E-state index contributed by atoms with van der Waals surface area (Å²) in [5, 5.41) is 19.4. The Morgan fingerprint density at radius 3 is 2.81 bits per heavy atom. The number of carbonyl (C=O) groups is 1. The zero-order valence-corrected chi connectivity index (χ0v) is 17.4. The highest BCUT2D eigenvalue weighted by Crippen LogP contribution is 2.39. The Balaban J connectivity index is 1.86. The highest BCUT2D eigenvalue weighted by atomic mass is 16.5. The third-order valence-corrected chi connectivity index (χ3v) is 5.45. The molecule has 6 heteroatoms. The largest absolute Gasteiger partial charge is 0.493 e. The molecule has 4 rings (SSSR count). The maximum Gasteiger partial charge on any atom is 0.336 e. The van der Waals surface area contributed by atoms with Crippen LogP contribution in [-0.2, 0) is 6.42 Å². The summed E-state index contributed by atoms with van der Waals surface area (Å²) < 4.78 is 10.8. The van der Waals surface area contributed by atoms with Gasteiger partial charge in [0.25, 0.3) is 0 Å². The number of methoxy groups -OCH3 is 1. The van der Waals surface area contributed by atoms with Gasteiger partial charge < -0.3 is 14.6 Å². The number of aromatic carboxylic acids is 1. The summed E-state index contributed by atoms with van der Waals surface area (Å²) in [7, 11) is 1.55. The van der Waals surface area contributed by atoms with E-state index in [2.05, 4.69) is 6.92 Å². The Morgan fingerprint density at radius 1 is 1.26 bits per heavy atom. The third-order valence-electron chi connectivity index (χ3n) is 5.45. The van der Waals surface area contributed by atoms with Gasteiger partial charge in [0.2, 0.25) is 0 Å². The average molecular weight is 414 g/mol. The molecule has 1 atom stereocenters. The van der Waals surface area contributed by atoms with E-state index in [0.717, 1.165) is 28.8 Å². The summed E-state index contributed by atoms with van der Waals surface area (Å²) >= 11 is 0. The van der Waals surface area contributed by atoms with Crippen LogP contribution in [0.1, 0.15) is 40.5 Å². The van der Waals surface area contributed by atoms with Crippen molar-refractivity contribution in [2.45, 2.75) is 19.8 Å². The Morgan fingerprint density at radius 2 is 2.06 bits per heavy atom. The van der Waals surface area contributed by atoms with Gasteiger partial charge in [-0.2, -0.15) is 5.26 Å². The summed E-state index contributed by atoms with van der Waals surface area (Å²) in [6.07, 6.45) is 3.50. The van der Waals surface area contributed by atoms with Gasteiger partial charge in [-0.15, -0.1) is 0 Å². The van der Waals surface area contributed by atoms with Crippen molar-refractivity contribution in [2.24, 2.45) is 5.92 Å². The zero-order valence-electron chi connectivity index (χ0n) is 17.4. The molecule has 0 bridgehead atoms. The minimum Gasteiger partial charge on any atom is -0.493 e. The van der Waals surface area contributed by atoms with Gasteiger partial charge in [-0.05, 0) is 59.7 Å². The van der Waals surface area contributed by atoms with Gasteiger partial charge in [0.15, 0.2) is 18.1 Å². The van der Waals surface area contributed by atoms with Crippen LogP contribution in [0, 0.1) is 17.2 Å². The molecule has 0 fully saturated rings. The monoisotopic (exact) mass is 414 g/mol. The minimum absolute atomic E-state index is 0.0589. The van der Waals surface area contributed by atoms with E-state index in [4.69, 9.17) is 19.7 Å². The lowest BCUT2D eigenvalue weighted by Gasteiger charge is -2.26. The van der Waals surface area contributed by atoms with Crippen LogP contribution in [0.25, 0.3) is 22.6 Å². The van der Waals surface area contributed by atoms with Crippen molar-refractivity contribution in [2.75, 3.05) is 13.7 Å². The standard InChI is InChI=1S/C25H22N2O4/c1-15-11-17(13-16-7-8-21(31-10-9-26)22(14-16)30-2)24-19(12-15)23(25(28)29)18-5-3-4-6-20(18)27-24/h3-8,13-15H,10-12H2,1-2H3,(H,28,29)/b17-13-/t15-/m1/s1. The fourth-order valence-corrected chi connectivity index (χ4v) is 4.18. The number of hydrogen-bond donors (Lipinski definition) is 1. The van der Waals surface area contributed by atoms with Gasteiger partial charge in [0, 0.05) is 5.39 Å². The van der Waals surface area contributed by atoms with Crippen LogP contribution in [0.3, 0.4) is 0 Å². The summed E-state index contributed by atoms with van der Waals surface area (Å²) in [5.74, 6) is 0.399. The van der Waals surface area contributed by atoms with Crippen LogP contribution in [0.5, 0.6) is 11.5 Å². The van der Waals surface area contributed by atoms with E-state index in [1.54, 1.807) is 13.2 Å². The first-order chi connectivity index (χ1) is 15.0. The molecule has 6 nitrogen and oxygen atoms in total. The Kier molecular flexibility index (Phi) is 5.59. The van der Waals surface area contributed by atoms with Gasteiger partial charge >= 0.3 is 5.97 Å². The Hall–Kier alpha value is -3.85. The summed E-state index contributed by atoms with van der Waals surface area (Å²) in [5.41, 5.74) is 4.45. The Bertz CT molecular complexity index is 1240. The van der Waals surface area contributed by atoms with E-state index < -0.39 is 5.97 Å². The molecule has 156 valence electrons. The molecule has 0 radical (unpaired) electrons. The smallest absolute Gasteiger partial charge is 0.336 e. The first-order valence-electron chi connectivity index (χ1n) is 10.1. The fourth-order valence-electron chi connectivity index (χ4n) is 4.18. The molecule has 2 aromatic carbocycles. The first kappa shape index (κ1) is 20.4. The van der Waals surface area contributed by atoms with Crippen LogP contribution in [0.2, 0.25) is 0 Å². The second kappa shape index (κ2) is 8.49. The predicted molar refractivity (Wildman–Crippen MR) is 118 cm³/mol. The summed E-state index contributed by atoms with van der Waals surface area (Å²) in [6, 6.07) is 14.8. The minimum atomic E-state index is -0.927. The quantitative estimate of drug-likeness (QED) is 0.634. The Labute approximate surface area is 180 Å². The third kappa shape index (κ3) is 3.95. The van der Waals surface area contributed by atoms with Gasteiger partial charge in [-0.25, -0.2) is 9.78 Å². The van der Waals surface area contributed by atoms with Crippen molar-refractivity contribution in [3.63, 3.8) is 0 Å². The lowest BCUT2D eigenvalue weighted by Crippen LogP contribution is -2.17. The van der Waals surface area contributed by atoms with Gasteiger partial charge in [0.1, 0.15) is 6.07 Å². The number of ether oxygens (including phenoxy) is 2. The summed E-state index contributed by atoms with van der Waals surface area (Å²) in [6.45, 7) is 2.06. The molecule has 1 N–H and O–H groups in total. The van der Waals surface area contributed by atoms with Crippen LogP contribution >= 0.6 is 0 Å². The van der Waals surface area contributed by atoms with Gasteiger partial charge in [-0.3, -0.25) is 0 Å². The number of para-hydroxylation sites is 1. The molecule has 0 aliphatic heterocycles. The van der Waals surface area contributed by atoms with Crippen LogP contribution < -0.4 is 9.47 Å². The molecule has 31 heavy (non-hydrogen) atoms. The molecule has 0 spiro atoms. The zero-order chi connectivity index (χ0) is 22.0. The van der Waals surface area contributed by atoms with E-state index >= 15 is 0 Å². The normalized spacial score (nSPS) is 16.5. The van der Waals surface area contributed by atoms with E-state index in [-0.39, 0.29) is 6.61 Å². The second-order valence-corrected chi connectivity index (χ2v) is 7.68. The van der Waals surface area contributed by atoms with Crippen LogP contribution in [-0.4, -0.2) is 29.8 Å². The van der Waals surface area contributed by atoms with Gasteiger partial charge in [-0.1, -0.05) is 31.2 Å². The number of hydrogen-bond acceptors (Lipinski definition) is 5. The van der Waals surface area contributed by atoms with E-state index in [9.17, 15) is 9.90 Å². The predicted octanol–water partition coefficient (Wildman–Crippen LogP) is 4.97. The fraction of sp³-hybridized carbons (Fsp3) is 0.240. The molecule has 0 saturated heterocycles. The molecule has 0 saturated carbocycles. The molecule has 1 aliphatic carbocycles. The topological polar surface area (TPSA) is 92.4 Å². The lowest BCUT2D eigenvalue weighted by atomic mass is 9.80. The number of nitrogens with zero attached hydrogens (tertiary/aromatic N) is 2. The molecule has 1 aliphatic rings. The summed E-state index contributed by atoms with van der Waals surface area (Å²) in [4.78, 5) is 17.0. The molecule has 0 amide bonds. The van der Waals surface area contributed by atoms with Crippen LogP contribution in [0.4, 0.5) is 0 Å². The number of nitriles is 1. The molecule has 1 aromatic heterocycles. The van der Waals surface area contributed by atoms with Gasteiger partial charge in [0.05, 0.1) is 23.9 Å².